The number of carbonyl (C=O) groups excluding carboxylic acids is 2. The van der Waals surface area contributed by atoms with Gasteiger partial charge >= 0.3 is 11.9 Å². The Kier molecular flexibility index (Phi) is 12.5. The normalized spacial score (nSPS) is 10.7. The minimum atomic E-state index is -0.652. The number of rotatable bonds is 16. The summed E-state index contributed by atoms with van der Waals surface area (Å²) in [4.78, 5) is 24.4. The summed E-state index contributed by atoms with van der Waals surface area (Å²) in [6, 6.07) is 30.1. The Morgan fingerprint density at radius 1 is 0.717 bits per heavy atom. The van der Waals surface area contributed by atoms with Gasteiger partial charge in [0.25, 0.3) is 0 Å². The van der Waals surface area contributed by atoms with Gasteiger partial charge < -0.3 is 24.1 Å². The van der Waals surface area contributed by atoms with Crippen molar-refractivity contribution in [2.45, 2.75) is 26.2 Å². The molecule has 0 atom stereocenters. The van der Waals surface area contributed by atoms with Gasteiger partial charge in [0, 0.05) is 12.7 Å². The highest BCUT2D eigenvalue weighted by Gasteiger charge is 2.16. The third-order valence-electron chi connectivity index (χ3n) is 7.34. The third kappa shape index (κ3) is 9.27. The molecule has 7 heteroatoms. The number of hydrogen-bond donors (Lipinski definition) is 1. The molecule has 0 saturated heterocycles. The first kappa shape index (κ1) is 33.9. The zero-order valence-corrected chi connectivity index (χ0v) is 26.4. The van der Waals surface area contributed by atoms with Crippen LogP contribution in [0.3, 0.4) is 0 Å². The van der Waals surface area contributed by atoms with E-state index in [1.807, 2.05) is 48.5 Å². The lowest BCUT2D eigenvalue weighted by Gasteiger charge is -2.14. The van der Waals surface area contributed by atoms with Gasteiger partial charge in [-0.15, -0.1) is 0 Å². The molecule has 0 spiro atoms. The van der Waals surface area contributed by atoms with Crippen molar-refractivity contribution < 1.29 is 33.6 Å². The SMILES string of the molecule is C=C(CO)C(=O)OCCOc1ccc(-c2ccc(OC(=O)C(=C)COC)c(-c3ccc(-c4ccc(CCCC)cc4)cc3)c2)cc1. The average Bonchev–Trinajstić information content (AvgIpc) is 3.09. The molecule has 0 aromatic heterocycles. The van der Waals surface area contributed by atoms with E-state index in [4.69, 9.17) is 24.1 Å². The first-order chi connectivity index (χ1) is 22.3. The lowest BCUT2D eigenvalue weighted by atomic mass is 9.96. The van der Waals surface area contributed by atoms with Gasteiger partial charge in [-0.2, -0.15) is 0 Å². The minimum Gasteiger partial charge on any atom is -0.490 e. The summed E-state index contributed by atoms with van der Waals surface area (Å²) >= 11 is 0. The Labute approximate surface area is 270 Å². The molecule has 7 nitrogen and oxygen atoms in total. The number of hydrogen-bond acceptors (Lipinski definition) is 7. The van der Waals surface area contributed by atoms with Gasteiger partial charge in [-0.3, -0.25) is 0 Å². The summed E-state index contributed by atoms with van der Waals surface area (Å²) in [5, 5.41) is 8.96. The summed E-state index contributed by atoms with van der Waals surface area (Å²) in [5.74, 6) is -0.182. The van der Waals surface area contributed by atoms with E-state index in [0.29, 0.717) is 11.5 Å². The zero-order valence-electron chi connectivity index (χ0n) is 26.4. The van der Waals surface area contributed by atoms with Crippen molar-refractivity contribution in [3.8, 4) is 44.9 Å². The van der Waals surface area contributed by atoms with Crippen LogP contribution in [-0.2, 0) is 25.5 Å². The van der Waals surface area contributed by atoms with Gasteiger partial charge in [-0.25, -0.2) is 9.59 Å². The molecule has 0 heterocycles. The van der Waals surface area contributed by atoms with E-state index in [-0.39, 0.29) is 31.0 Å². The lowest BCUT2D eigenvalue weighted by Crippen LogP contribution is -2.14. The quantitative estimate of drug-likeness (QED) is 0.0597. The molecule has 238 valence electrons. The number of methoxy groups -OCH3 is 1. The Hall–Kier alpha value is -4.98. The average molecular weight is 621 g/mol. The van der Waals surface area contributed by atoms with Crippen LogP contribution >= 0.6 is 0 Å². The lowest BCUT2D eigenvalue weighted by molar-refractivity contribution is -0.140. The van der Waals surface area contributed by atoms with Crippen molar-refractivity contribution in [1.82, 2.24) is 0 Å². The van der Waals surface area contributed by atoms with Crippen LogP contribution in [0.15, 0.2) is 115 Å². The molecule has 0 aliphatic heterocycles. The fourth-order valence-corrected chi connectivity index (χ4v) is 4.72. The van der Waals surface area contributed by atoms with Crippen molar-refractivity contribution in [1.29, 1.82) is 0 Å². The van der Waals surface area contributed by atoms with E-state index in [9.17, 15) is 9.59 Å². The van der Waals surface area contributed by atoms with Crippen molar-refractivity contribution in [2.75, 3.05) is 33.5 Å². The number of aliphatic hydroxyl groups excluding tert-OH is 1. The molecule has 0 radical (unpaired) electrons. The number of esters is 2. The fraction of sp³-hybridized carbons (Fsp3) is 0.231. The first-order valence-electron chi connectivity index (χ1n) is 15.2. The van der Waals surface area contributed by atoms with E-state index in [0.717, 1.165) is 39.8 Å². The summed E-state index contributed by atoms with van der Waals surface area (Å²) in [7, 11) is 1.50. The highest BCUT2D eigenvalue weighted by atomic mass is 16.6. The van der Waals surface area contributed by atoms with Crippen molar-refractivity contribution >= 4 is 11.9 Å². The number of benzene rings is 4. The molecule has 1 N–H and O–H groups in total. The van der Waals surface area contributed by atoms with Gasteiger partial charge in [0.05, 0.1) is 24.4 Å². The molecule has 0 saturated carbocycles. The van der Waals surface area contributed by atoms with E-state index in [1.54, 1.807) is 6.07 Å². The summed E-state index contributed by atoms with van der Waals surface area (Å²) in [6.45, 7) is 9.23. The molecular formula is C39H40O7. The number of ether oxygens (including phenoxy) is 4. The zero-order chi connectivity index (χ0) is 32.9. The molecule has 4 aromatic carbocycles. The summed E-state index contributed by atoms with van der Waals surface area (Å²) in [6.07, 6.45) is 3.44. The Balaban J connectivity index is 1.54. The third-order valence-corrected chi connectivity index (χ3v) is 7.34. The van der Waals surface area contributed by atoms with E-state index >= 15 is 0 Å². The van der Waals surface area contributed by atoms with Crippen molar-refractivity contribution in [3.63, 3.8) is 0 Å². The maximum atomic E-state index is 12.7. The Bertz CT molecular complexity index is 1640. The van der Waals surface area contributed by atoms with Crippen LogP contribution in [0.1, 0.15) is 25.3 Å². The molecule has 46 heavy (non-hydrogen) atoms. The monoisotopic (exact) mass is 620 g/mol. The molecule has 0 aliphatic rings. The van der Waals surface area contributed by atoms with Gasteiger partial charge in [0.1, 0.15) is 24.7 Å². The number of aryl methyl sites for hydroxylation is 1. The molecule has 0 amide bonds. The standard InChI is InChI=1S/C39H40O7/c1-5-6-7-29-8-10-30(11-9-29)31-12-14-33(15-13-31)36-24-34(18-21-37(36)46-39(42)28(3)26-43-4)32-16-19-35(20-17-32)44-22-23-45-38(41)27(2)25-40/h8-21,24,40H,2-3,5-7,22-23,25-26H2,1,4H3. The van der Waals surface area contributed by atoms with Crippen LogP contribution in [0.4, 0.5) is 0 Å². The van der Waals surface area contributed by atoms with Crippen LogP contribution in [0, 0.1) is 0 Å². The second-order valence-corrected chi connectivity index (χ2v) is 10.8. The predicted octanol–water partition coefficient (Wildman–Crippen LogP) is 7.61. The highest BCUT2D eigenvalue weighted by molar-refractivity contribution is 5.91. The largest absolute Gasteiger partial charge is 0.490 e. The van der Waals surface area contributed by atoms with Gasteiger partial charge in [-0.05, 0) is 70.5 Å². The van der Waals surface area contributed by atoms with Crippen LogP contribution in [0.5, 0.6) is 11.5 Å². The number of aliphatic hydroxyl groups is 1. The number of carbonyl (C=O) groups is 2. The van der Waals surface area contributed by atoms with E-state index in [2.05, 4.69) is 56.5 Å². The Morgan fingerprint density at radius 2 is 1.30 bits per heavy atom. The van der Waals surface area contributed by atoms with Crippen molar-refractivity contribution in [3.05, 3.63) is 121 Å². The second-order valence-electron chi connectivity index (χ2n) is 10.8. The van der Waals surface area contributed by atoms with Crippen molar-refractivity contribution in [2.24, 2.45) is 0 Å². The maximum Gasteiger partial charge on any atom is 0.341 e. The van der Waals surface area contributed by atoms with E-state index < -0.39 is 18.5 Å². The van der Waals surface area contributed by atoms with Crippen LogP contribution in [0.25, 0.3) is 33.4 Å². The molecule has 0 aliphatic carbocycles. The van der Waals surface area contributed by atoms with Crippen LogP contribution in [-0.4, -0.2) is 50.6 Å². The van der Waals surface area contributed by atoms with E-state index in [1.165, 1.54) is 25.5 Å². The maximum absolute atomic E-state index is 12.7. The Morgan fingerprint density at radius 3 is 1.93 bits per heavy atom. The van der Waals surface area contributed by atoms with Gasteiger partial charge in [0.2, 0.25) is 0 Å². The fourth-order valence-electron chi connectivity index (χ4n) is 4.72. The smallest absolute Gasteiger partial charge is 0.341 e. The second kappa shape index (κ2) is 16.9. The molecule has 0 bridgehead atoms. The molecule has 0 unspecified atom stereocenters. The topological polar surface area (TPSA) is 91.3 Å². The van der Waals surface area contributed by atoms with Crippen LogP contribution < -0.4 is 9.47 Å². The molecule has 4 aromatic rings. The highest BCUT2D eigenvalue weighted by Crippen LogP contribution is 2.36. The molecule has 0 fully saturated rings. The van der Waals surface area contributed by atoms with Gasteiger partial charge in [0.15, 0.2) is 0 Å². The summed E-state index contributed by atoms with van der Waals surface area (Å²) < 4.78 is 21.5. The molecule has 4 rings (SSSR count). The number of unbranched alkanes of at least 4 members (excludes halogenated alkanes) is 1. The predicted molar refractivity (Wildman–Crippen MR) is 181 cm³/mol. The first-order valence-corrected chi connectivity index (χ1v) is 15.2. The van der Waals surface area contributed by atoms with Gasteiger partial charge in [-0.1, -0.05) is 93.2 Å². The molecular weight excluding hydrogens is 580 g/mol. The summed E-state index contributed by atoms with van der Waals surface area (Å²) in [5.41, 5.74) is 7.28. The van der Waals surface area contributed by atoms with Crippen LogP contribution in [0.2, 0.25) is 0 Å². The minimum absolute atomic E-state index is 0.00665.